The van der Waals surface area contributed by atoms with E-state index in [1.165, 1.54) is 6.07 Å². The summed E-state index contributed by atoms with van der Waals surface area (Å²) in [5.41, 5.74) is 1.23. The highest BCUT2D eigenvalue weighted by atomic mass is 79.9. The molecule has 0 N–H and O–H groups in total. The normalized spacial score (nSPS) is 10.3. The van der Waals surface area contributed by atoms with Gasteiger partial charge in [-0.1, -0.05) is 33.6 Å². The van der Waals surface area contributed by atoms with Gasteiger partial charge in [0.1, 0.15) is 11.0 Å². The van der Waals surface area contributed by atoms with E-state index < -0.39 is 0 Å². The van der Waals surface area contributed by atoms with Crippen LogP contribution in [0, 0.1) is 5.82 Å². The molecule has 1 aromatic carbocycles. The molecule has 1 nitrogen and oxygen atoms in total. The number of rotatable bonds is 1. The third-order valence-corrected chi connectivity index (χ3v) is 2.69. The first-order valence-electron chi connectivity index (χ1n) is 4.24. The van der Waals surface area contributed by atoms with E-state index in [9.17, 15) is 4.39 Å². The molecule has 2 rings (SSSR count). The SMILES string of the molecule is Fc1cc(Br)ccc1-c1ccc(Cl)nc1. The van der Waals surface area contributed by atoms with Crippen LogP contribution in [0.4, 0.5) is 4.39 Å². The van der Waals surface area contributed by atoms with Crippen LogP contribution in [-0.2, 0) is 0 Å². The topological polar surface area (TPSA) is 12.9 Å². The van der Waals surface area contributed by atoms with E-state index in [1.807, 2.05) is 0 Å². The van der Waals surface area contributed by atoms with Gasteiger partial charge in [0.2, 0.25) is 0 Å². The molecular formula is C11H6BrClFN. The predicted molar refractivity (Wildman–Crippen MR) is 62.3 cm³/mol. The van der Waals surface area contributed by atoms with Crippen LogP contribution in [0.2, 0.25) is 5.15 Å². The second-order valence-corrected chi connectivity index (χ2v) is 4.30. The summed E-state index contributed by atoms with van der Waals surface area (Å²) in [6.07, 6.45) is 1.55. The van der Waals surface area contributed by atoms with Crippen LogP contribution >= 0.6 is 27.5 Å². The molecular weight excluding hydrogens is 280 g/mol. The Labute approximate surface area is 100 Å². The van der Waals surface area contributed by atoms with Crippen LogP contribution in [0.3, 0.4) is 0 Å². The van der Waals surface area contributed by atoms with Gasteiger partial charge in [0, 0.05) is 21.8 Å². The van der Waals surface area contributed by atoms with E-state index in [4.69, 9.17) is 11.6 Å². The Bertz CT molecular complexity index is 484. The van der Waals surface area contributed by atoms with Gasteiger partial charge in [-0.05, 0) is 24.3 Å². The Morgan fingerprint density at radius 2 is 2.00 bits per heavy atom. The second-order valence-electron chi connectivity index (χ2n) is 2.99. The minimum Gasteiger partial charge on any atom is -0.244 e. The third kappa shape index (κ3) is 2.36. The summed E-state index contributed by atoms with van der Waals surface area (Å²) >= 11 is 8.86. The molecule has 0 saturated carbocycles. The van der Waals surface area contributed by atoms with Crippen LogP contribution < -0.4 is 0 Å². The van der Waals surface area contributed by atoms with Gasteiger partial charge in [-0.15, -0.1) is 0 Å². The predicted octanol–water partition coefficient (Wildman–Crippen LogP) is 4.30. The Balaban J connectivity index is 2.49. The van der Waals surface area contributed by atoms with Crippen molar-refractivity contribution in [3.05, 3.63) is 52.0 Å². The number of nitrogens with zero attached hydrogens (tertiary/aromatic N) is 1. The molecule has 76 valence electrons. The van der Waals surface area contributed by atoms with Crippen molar-refractivity contribution in [1.82, 2.24) is 4.98 Å². The summed E-state index contributed by atoms with van der Waals surface area (Å²) in [5.74, 6) is -0.284. The monoisotopic (exact) mass is 285 g/mol. The minimum absolute atomic E-state index is 0.284. The van der Waals surface area contributed by atoms with E-state index in [0.29, 0.717) is 20.8 Å². The number of aromatic nitrogens is 1. The van der Waals surface area contributed by atoms with Crippen LogP contribution in [0.5, 0.6) is 0 Å². The van der Waals surface area contributed by atoms with Crippen LogP contribution in [-0.4, -0.2) is 4.98 Å². The molecule has 0 atom stereocenters. The van der Waals surface area contributed by atoms with Crippen molar-refractivity contribution in [1.29, 1.82) is 0 Å². The van der Waals surface area contributed by atoms with E-state index >= 15 is 0 Å². The maximum absolute atomic E-state index is 13.5. The molecule has 0 saturated heterocycles. The number of hydrogen-bond acceptors (Lipinski definition) is 1. The zero-order valence-corrected chi connectivity index (χ0v) is 9.89. The lowest BCUT2D eigenvalue weighted by Gasteiger charge is -2.03. The highest BCUT2D eigenvalue weighted by Gasteiger charge is 2.05. The zero-order valence-electron chi connectivity index (χ0n) is 7.55. The molecule has 1 aromatic heterocycles. The highest BCUT2D eigenvalue weighted by Crippen LogP contribution is 2.25. The Hall–Kier alpha value is -0.930. The van der Waals surface area contributed by atoms with Gasteiger partial charge in [-0.25, -0.2) is 9.37 Å². The maximum Gasteiger partial charge on any atom is 0.132 e. The van der Waals surface area contributed by atoms with Gasteiger partial charge in [-0.2, -0.15) is 0 Å². The van der Waals surface area contributed by atoms with Crippen molar-refractivity contribution < 1.29 is 4.39 Å². The fraction of sp³-hybridized carbons (Fsp3) is 0. The first-order valence-corrected chi connectivity index (χ1v) is 5.41. The highest BCUT2D eigenvalue weighted by molar-refractivity contribution is 9.10. The molecule has 0 aliphatic heterocycles. The number of halogens is 3. The van der Waals surface area contributed by atoms with Crippen LogP contribution in [0.15, 0.2) is 41.0 Å². The van der Waals surface area contributed by atoms with E-state index in [2.05, 4.69) is 20.9 Å². The summed E-state index contributed by atoms with van der Waals surface area (Å²) in [6, 6.07) is 8.28. The molecule has 2 aromatic rings. The number of benzene rings is 1. The zero-order chi connectivity index (χ0) is 10.8. The van der Waals surface area contributed by atoms with Gasteiger partial charge < -0.3 is 0 Å². The summed E-state index contributed by atoms with van der Waals surface area (Å²) in [7, 11) is 0. The van der Waals surface area contributed by atoms with Crippen molar-refractivity contribution >= 4 is 27.5 Å². The molecule has 0 fully saturated rings. The number of hydrogen-bond donors (Lipinski definition) is 0. The lowest BCUT2D eigenvalue weighted by Crippen LogP contribution is -1.85. The van der Waals surface area contributed by atoms with Crippen molar-refractivity contribution in [3.8, 4) is 11.1 Å². The average molecular weight is 287 g/mol. The first-order chi connectivity index (χ1) is 7.16. The molecule has 0 spiro atoms. The third-order valence-electron chi connectivity index (χ3n) is 1.97. The molecule has 0 radical (unpaired) electrons. The maximum atomic E-state index is 13.5. The minimum atomic E-state index is -0.284. The first kappa shape index (κ1) is 10.6. The van der Waals surface area contributed by atoms with Gasteiger partial charge in [-0.3, -0.25) is 0 Å². The summed E-state index contributed by atoms with van der Waals surface area (Å²) in [4.78, 5) is 3.91. The summed E-state index contributed by atoms with van der Waals surface area (Å²) in [6.45, 7) is 0. The fourth-order valence-corrected chi connectivity index (χ4v) is 1.70. The van der Waals surface area contributed by atoms with E-state index in [0.717, 1.165) is 0 Å². The average Bonchev–Trinajstić information content (AvgIpc) is 2.20. The quantitative estimate of drug-likeness (QED) is 0.712. The van der Waals surface area contributed by atoms with Gasteiger partial charge in [0.15, 0.2) is 0 Å². The Morgan fingerprint density at radius 1 is 1.20 bits per heavy atom. The summed E-state index contributed by atoms with van der Waals surface area (Å²) in [5, 5.41) is 0.399. The lowest BCUT2D eigenvalue weighted by molar-refractivity contribution is 0.630. The van der Waals surface area contributed by atoms with Crippen molar-refractivity contribution in [2.45, 2.75) is 0 Å². The van der Waals surface area contributed by atoms with E-state index in [1.54, 1.807) is 30.5 Å². The van der Waals surface area contributed by atoms with Crippen LogP contribution in [0.25, 0.3) is 11.1 Å². The van der Waals surface area contributed by atoms with Crippen molar-refractivity contribution in [3.63, 3.8) is 0 Å². The van der Waals surface area contributed by atoms with Gasteiger partial charge in [0.05, 0.1) is 0 Å². The smallest absolute Gasteiger partial charge is 0.132 e. The van der Waals surface area contributed by atoms with Gasteiger partial charge in [0.25, 0.3) is 0 Å². The molecule has 15 heavy (non-hydrogen) atoms. The Kier molecular flexibility index (Phi) is 3.03. The second kappa shape index (κ2) is 4.29. The van der Waals surface area contributed by atoms with E-state index in [-0.39, 0.29) is 5.82 Å². The van der Waals surface area contributed by atoms with Crippen molar-refractivity contribution in [2.75, 3.05) is 0 Å². The molecule has 1 heterocycles. The number of pyridine rings is 1. The lowest BCUT2D eigenvalue weighted by atomic mass is 10.1. The molecule has 0 aliphatic carbocycles. The summed E-state index contributed by atoms with van der Waals surface area (Å²) < 4.78 is 14.3. The fourth-order valence-electron chi connectivity index (χ4n) is 1.26. The van der Waals surface area contributed by atoms with Crippen LogP contribution in [0.1, 0.15) is 0 Å². The molecule has 0 amide bonds. The standard InChI is InChI=1S/C11H6BrClFN/c12-8-2-3-9(10(14)5-8)7-1-4-11(13)15-6-7/h1-6H. The largest absolute Gasteiger partial charge is 0.244 e. The van der Waals surface area contributed by atoms with Crippen molar-refractivity contribution in [2.24, 2.45) is 0 Å². The molecule has 0 bridgehead atoms. The van der Waals surface area contributed by atoms with Gasteiger partial charge >= 0.3 is 0 Å². The molecule has 4 heteroatoms. The molecule has 0 unspecified atom stereocenters. The Morgan fingerprint density at radius 3 is 2.60 bits per heavy atom. The molecule has 0 aliphatic rings.